The minimum Gasteiger partial charge on any atom is -0.481 e. The Kier molecular flexibility index (Phi) is 36.1. The first-order chi connectivity index (χ1) is 24.2. The quantitative estimate of drug-likeness (QED) is 0.0591. The molecule has 0 saturated carbocycles. The van der Waals surface area contributed by atoms with Crippen LogP contribution in [0.2, 0.25) is 0 Å². The van der Waals surface area contributed by atoms with Crippen LogP contribution in [0.1, 0.15) is 128 Å². The van der Waals surface area contributed by atoms with Gasteiger partial charge in [-0.3, -0.25) is 24.0 Å². The summed E-state index contributed by atoms with van der Waals surface area (Å²) in [4.78, 5) is 59.3. The highest BCUT2D eigenvalue weighted by molar-refractivity contribution is 7.40. The van der Waals surface area contributed by atoms with Gasteiger partial charge in [0.1, 0.15) is 0 Å². The van der Waals surface area contributed by atoms with Gasteiger partial charge in [-0.1, -0.05) is 95.5 Å². The Hall–Kier alpha value is -1.55. The molecule has 0 radical (unpaired) electrons. The third-order valence-corrected chi connectivity index (χ3v) is 8.60. The average Bonchev–Trinajstić information content (AvgIpc) is 3.07. The Morgan fingerprint density at radius 2 is 0.840 bits per heavy atom. The van der Waals surface area contributed by atoms with Crippen molar-refractivity contribution in [3.8, 4) is 0 Å². The maximum absolute atomic E-state index is 12.9. The lowest BCUT2D eigenvalue weighted by atomic mass is 10.0. The predicted molar refractivity (Wildman–Crippen MR) is 202 cm³/mol. The number of aliphatic carboxylic acids is 1. The molecule has 0 saturated heterocycles. The molecule has 0 aromatic heterocycles. The van der Waals surface area contributed by atoms with Gasteiger partial charge in [0.15, 0.2) is 11.0 Å². The highest BCUT2D eigenvalue weighted by Crippen LogP contribution is 2.14. The molecule has 0 fully saturated rings. The lowest BCUT2D eigenvalue weighted by Gasteiger charge is -2.23. The van der Waals surface area contributed by atoms with Crippen molar-refractivity contribution >= 4 is 47.3 Å². The summed E-state index contributed by atoms with van der Waals surface area (Å²) in [5.41, 5.74) is 0.000185. The Labute approximate surface area is 306 Å². The summed E-state index contributed by atoms with van der Waals surface area (Å²) in [6.07, 6.45) is 18.4. The Bertz CT molecular complexity index is 852. The van der Waals surface area contributed by atoms with E-state index in [1.807, 2.05) is 0 Å². The monoisotopic (exact) mass is 750 g/mol. The Morgan fingerprint density at radius 1 is 0.460 bits per heavy atom. The maximum Gasteiger partial charge on any atom is 0.303 e. The minimum atomic E-state index is -0.695. The molecular weight excluding hydrogens is 682 g/mol. The molecule has 2 unspecified atom stereocenters. The molecule has 0 aromatic carbocycles. The molecule has 12 nitrogen and oxygen atoms in total. The fourth-order valence-electron chi connectivity index (χ4n) is 5.10. The van der Waals surface area contributed by atoms with Crippen molar-refractivity contribution in [2.75, 3.05) is 72.5 Å². The zero-order valence-corrected chi connectivity index (χ0v) is 33.0. The molecular formula is C36H68N2O10P2. The number of amides is 2. The summed E-state index contributed by atoms with van der Waals surface area (Å²) in [5, 5.41) is 11.6. The smallest absolute Gasteiger partial charge is 0.303 e. The molecule has 0 heterocycles. The van der Waals surface area contributed by atoms with E-state index in [1.54, 1.807) is 4.90 Å². The minimum absolute atomic E-state index is 0.0000924. The van der Waals surface area contributed by atoms with Crippen LogP contribution in [0.25, 0.3) is 0 Å². The zero-order valence-electron chi connectivity index (χ0n) is 30.6. The van der Waals surface area contributed by atoms with Crippen molar-refractivity contribution in [2.45, 2.75) is 128 Å². The molecule has 0 rings (SSSR count). The second-order valence-electron chi connectivity index (χ2n) is 12.6. The summed E-state index contributed by atoms with van der Waals surface area (Å²) >= 11 is 0. The standard InChI is InChI=1S/C36H68N2O10P2/c39-32(16-13-11-9-7-5-3-1-2-4-6-8-10-12-14-18-34(41)42)37-21-15-17-33(40)38(22-26-47-30-28-45-24-19-35(43)49)23-27-48-31-29-46-25-20-36(44)50/h1-31,49-50H2,(H,37,39)(H,41,42). The van der Waals surface area contributed by atoms with Crippen LogP contribution in [0.5, 0.6) is 0 Å². The van der Waals surface area contributed by atoms with E-state index >= 15 is 0 Å². The molecule has 0 spiro atoms. The molecule has 0 aliphatic carbocycles. The predicted octanol–water partition coefficient (Wildman–Crippen LogP) is 5.69. The fraction of sp³-hybridized carbons (Fsp3) is 0.861. The number of carbonyl (C=O) groups is 5. The van der Waals surface area contributed by atoms with Crippen molar-refractivity contribution in [2.24, 2.45) is 0 Å². The molecule has 292 valence electrons. The average molecular weight is 751 g/mol. The number of unbranched alkanes of at least 4 members (excludes halogenated alkanes) is 13. The van der Waals surface area contributed by atoms with Gasteiger partial charge >= 0.3 is 5.97 Å². The van der Waals surface area contributed by atoms with E-state index in [1.165, 1.54) is 51.4 Å². The van der Waals surface area contributed by atoms with E-state index < -0.39 is 5.97 Å². The number of rotatable bonds is 39. The van der Waals surface area contributed by atoms with Crippen molar-refractivity contribution < 1.29 is 48.0 Å². The van der Waals surface area contributed by atoms with Crippen LogP contribution in [-0.4, -0.2) is 111 Å². The molecule has 0 aliphatic heterocycles. The van der Waals surface area contributed by atoms with E-state index in [2.05, 4.69) is 23.8 Å². The lowest BCUT2D eigenvalue weighted by molar-refractivity contribution is -0.137. The molecule has 2 amide bonds. The summed E-state index contributed by atoms with van der Waals surface area (Å²) in [6, 6.07) is 0. The van der Waals surface area contributed by atoms with E-state index in [9.17, 15) is 24.0 Å². The SMILES string of the molecule is O=C(O)CCCCCCCCCCCCCCCCC(=O)NCCCC(=O)N(CCOCCOCCC(=O)P)CCOCCOCCC(=O)P. The normalized spacial score (nSPS) is 11.1. The number of ether oxygens (including phenoxy) is 4. The van der Waals surface area contributed by atoms with Gasteiger partial charge in [0.25, 0.3) is 0 Å². The second kappa shape index (κ2) is 37.2. The van der Waals surface area contributed by atoms with Crippen LogP contribution in [-0.2, 0) is 42.9 Å². The summed E-state index contributed by atoms with van der Waals surface area (Å²) in [7, 11) is 4.24. The molecule has 2 N–H and O–H groups in total. The van der Waals surface area contributed by atoms with Crippen LogP contribution in [0.15, 0.2) is 0 Å². The Balaban J connectivity index is 3.97. The van der Waals surface area contributed by atoms with Crippen LogP contribution in [0.3, 0.4) is 0 Å². The van der Waals surface area contributed by atoms with Gasteiger partial charge in [-0.25, -0.2) is 0 Å². The first kappa shape index (κ1) is 48.5. The maximum atomic E-state index is 12.9. The van der Waals surface area contributed by atoms with E-state index in [-0.39, 0.29) is 22.9 Å². The van der Waals surface area contributed by atoms with Crippen LogP contribution >= 0.6 is 18.5 Å². The van der Waals surface area contributed by atoms with Gasteiger partial charge in [-0.05, 0) is 19.3 Å². The highest BCUT2D eigenvalue weighted by Gasteiger charge is 2.13. The number of carboxylic acid groups (broad SMARTS) is 1. The number of hydrogen-bond donors (Lipinski definition) is 2. The molecule has 0 aliphatic rings. The largest absolute Gasteiger partial charge is 0.481 e. The van der Waals surface area contributed by atoms with E-state index in [4.69, 9.17) is 24.1 Å². The first-order valence-electron chi connectivity index (χ1n) is 18.9. The van der Waals surface area contributed by atoms with Crippen molar-refractivity contribution in [3.63, 3.8) is 0 Å². The summed E-state index contributed by atoms with van der Waals surface area (Å²) in [6.45, 7) is 4.16. The van der Waals surface area contributed by atoms with E-state index in [0.717, 1.165) is 38.5 Å². The third-order valence-electron chi connectivity index (χ3n) is 8.03. The second-order valence-corrected chi connectivity index (χ2v) is 13.8. The molecule has 50 heavy (non-hydrogen) atoms. The first-order valence-corrected chi connectivity index (χ1v) is 20.0. The van der Waals surface area contributed by atoms with Gasteiger partial charge < -0.3 is 34.3 Å². The molecule has 14 heteroatoms. The van der Waals surface area contributed by atoms with Crippen LogP contribution < -0.4 is 5.32 Å². The molecule has 0 aromatic rings. The summed E-state index contributed by atoms with van der Waals surface area (Å²) in [5.74, 6) is -0.687. The lowest BCUT2D eigenvalue weighted by Crippen LogP contribution is -2.37. The molecule has 0 bridgehead atoms. The van der Waals surface area contributed by atoms with Gasteiger partial charge in [-0.2, -0.15) is 0 Å². The topological polar surface area (TPSA) is 158 Å². The van der Waals surface area contributed by atoms with Crippen molar-refractivity contribution in [1.29, 1.82) is 0 Å². The van der Waals surface area contributed by atoms with Gasteiger partial charge in [0.2, 0.25) is 11.8 Å². The number of carbonyl (C=O) groups excluding carboxylic acids is 4. The number of hydrogen-bond acceptors (Lipinski definition) is 9. The highest BCUT2D eigenvalue weighted by atomic mass is 31.0. The van der Waals surface area contributed by atoms with Crippen molar-refractivity contribution in [1.82, 2.24) is 10.2 Å². The number of nitrogens with zero attached hydrogens (tertiary/aromatic N) is 1. The molecule has 2 atom stereocenters. The Morgan fingerprint density at radius 3 is 1.24 bits per heavy atom. The van der Waals surface area contributed by atoms with Crippen molar-refractivity contribution in [3.05, 3.63) is 0 Å². The zero-order chi connectivity index (χ0) is 36.9. The van der Waals surface area contributed by atoms with Gasteiger partial charge in [-0.15, -0.1) is 0 Å². The number of nitrogens with one attached hydrogen (secondary N) is 1. The van der Waals surface area contributed by atoms with Crippen LogP contribution in [0, 0.1) is 0 Å². The van der Waals surface area contributed by atoms with Gasteiger partial charge in [0, 0.05) is 51.7 Å². The summed E-state index contributed by atoms with van der Waals surface area (Å²) < 4.78 is 21.9. The third kappa shape index (κ3) is 37.7. The fourth-order valence-corrected chi connectivity index (χ4v) is 5.33. The van der Waals surface area contributed by atoms with E-state index in [0.29, 0.717) is 111 Å². The van der Waals surface area contributed by atoms with Crippen LogP contribution in [0.4, 0.5) is 0 Å². The van der Waals surface area contributed by atoms with Gasteiger partial charge in [0.05, 0.1) is 52.9 Å². The number of carboxylic acids is 1.